The van der Waals surface area contributed by atoms with Crippen LogP contribution >= 0.6 is 11.3 Å². The number of carboxylic acids is 1. The van der Waals surface area contributed by atoms with Crippen LogP contribution in [0.4, 0.5) is 31.3 Å². The minimum Gasteiger partial charge on any atom is -0.478 e. The maximum absolute atomic E-state index is 12.3. The van der Waals surface area contributed by atoms with E-state index in [1.807, 2.05) is 0 Å². The second-order valence-electron chi connectivity index (χ2n) is 3.47. The number of carbonyl (C=O) groups is 2. The molecule has 1 amide bonds. The maximum Gasteiger partial charge on any atom is 0.409 e. The molecule has 0 atom stereocenters. The van der Waals surface area contributed by atoms with Crippen LogP contribution in [-0.2, 0) is 4.79 Å². The van der Waals surface area contributed by atoms with Crippen molar-refractivity contribution in [1.82, 2.24) is 0 Å². The number of amides is 1. The predicted octanol–water partition coefficient (Wildman–Crippen LogP) is 3.13. The lowest BCUT2D eigenvalue weighted by molar-refractivity contribution is -0.272. The fraction of sp³-hybridized carbons (Fsp3) is 0.333. The van der Waals surface area contributed by atoms with Gasteiger partial charge in [-0.3, -0.25) is 4.79 Å². The Bertz CT molecular complexity index is 506. The summed E-state index contributed by atoms with van der Waals surface area (Å²) in [5.74, 6) is -8.19. The van der Waals surface area contributed by atoms with Crippen molar-refractivity contribution in [2.75, 3.05) is 5.32 Å². The maximum atomic E-state index is 12.3. The SMILES string of the molecule is O=C(O)c1ccsc1NC(=O)C(C(F)(F)F)C(F)(F)F. The lowest BCUT2D eigenvalue weighted by Gasteiger charge is -2.21. The summed E-state index contributed by atoms with van der Waals surface area (Å²) in [6.45, 7) is 0. The summed E-state index contributed by atoms with van der Waals surface area (Å²) in [7, 11) is 0. The average Bonchev–Trinajstić information content (AvgIpc) is 2.60. The molecule has 1 aromatic rings. The van der Waals surface area contributed by atoms with Gasteiger partial charge in [0.05, 0.1) is 5.56 Å². The van der Waals surface area contributed by atoms with Crippen LogP contribution in [0, 0.1) is 5.92 Å². The first kappa shape index (κ1) is 16.3. The molecule has 11 heteroatoms. The van der Waals surface area contributed by atoms with Crippen LogP contribution in [0.1, 0.15) is 10.4 Å². The number of anilines is 1. The molecule has 1 aromatic heterocycles. The van der Waals surface area contributed by atoms with Crippen molar-refractivity contribution in [3.05, 3.63) is 17.0 Å². The van der Waals surface area contributed by atoms with Crippen LogP contribution in [0.3, 0.4) is 0 Å². The first-order valence-electron chi connectivity index (χ1n) is 4.69. The molecule has 20 heavy (non-hydrogen) atoms. The van der Waals surface area contributed by atoms with E-state index in [4.69, 9.17) is 5.11 Å². The zero-order chi connectivity index (χ0) is 15.7. The third-order valence-corrected chi connectivity index (χ3v) is 2.88. The molecule has 112 valence electrons. The van der Waals surface area contributed by atoms with E-state index in [9.17, 15) is 35.9 Å². The first-order chi connectivity index (χ1) is 8.94. The quantitative estimate of drug-likeness (QED) is 0.841. The Morgan fingerprint density at radius 1 is 1.15 bits per heavy atom. The predicted molar refractivity (Wildman–Crippen MR) is 55.5 cm³/mol. The Balaban J connectivity index is 3.04. The van der Waals surface area contributed by atoms with Gasteiger partial charge < -0.3 is 10.4 Å². The smallest absolute Gasteiger partial charge is 0.409 e. The van der Waals surface area contributed by atoms with Crippen molar-refractivity contribution in [2.24, 2.45) is 5.92 Å². The number of carboxylic acid groups (broad SMARTS) is 1. The number of thiophene rings is 1. The van der Waals surface area contributed by atoms with E-state index in [0.29, 0.717) is 11.3 Å². The lowest BCUT2D eigenvalue weighted by atomic mass is 10.1. The number of aromatic carboxylic acids is 1. The Labute approximate surface area is 111 Å². The number of hydrogen-bond donors (Lipinski definition) is 2. The summed E-state index contributed by atoms with van der Waals surface area (Å²) >= 11 is 0.497. The van der Waals surface area contributed by atoms with E-state index in [1.165, 1.54) is 5.32 Å². The molecule has 1 heterocycles. The molecular weight excluding hydrogens is 316 g/mol. The van der Waals surface area contributed by atoms with E-state index < -0.39 is 40.7 Å². The first-order valence-corrected chi connectivity index (χ1v) is 5.57. The number of alkyl halides is 6. The summed E-state index contributed by atoms with van der Waals surface area (Å²) in [6, 6.07) is 0.943. The Morgan fingerprint density at radius 3 is 2.05 bits per heavy atom. The second kappa shape index (κ2) is 5.31. The van der Waals surface area contributed by atoms with E-state index >= 15 is 0 Å². The minimum atomic E-state index is -5.83. The summed E-state index contributed by atoms with van der Waals surface area (Å²) in [4.78, 5) is 21.8. The zero-order valence-electron chi connectivity index (χ0n) is 9.17. The van der Waals surface area contributed by atoms with Crippen LogP contribution in [0.15, 0.2) is 11.4 Å². The van der Waals surface area contributed by atoms with Gasteiger partial charge in [0.1, 0.15) is 5.00 Å². The van der Waals surface area contributed by atoms with E-state index in [2.05, 4.69) is 0 Å². The van der Waals surface area contributed by atoms with E-state index in [1.54, 1.807) is 0 Å². The topological polar surface area (TPSA) is 66.4 Å². The van der Waals surface area contributed by atoms with Gasteiger partial charge in [-0.25, -0.2) is 4.79 Å². The minimum absolute atomic E-state index is 0.497. The molecule has 0 aromatic carbocycles. The summed E-state index contributed by atoms with van der Waals surface area (Å²) in [6.07, 6.45) is -11.7. The van der Waals surface area contributed by atoms with Crippen molar-refractivity contribution in [1.29, 1.82) is 0 Å². The van der Waals surface area contributed by atoms with Crippen LogP contribution in [0.2, 0.25) is 0 Å². The zero-order valence-corrected chi connectivity index (χ0v) is 9.99. The molecule has 0 fully saturated rings. The van der Waals surface area contributed by atoms with Crippen molar-refractivity contribution < 1.29 is 41.0 Å². The molecule has 0 radical (unpaired) electrons. The molecule has 0 saturated heterocycles. The van der Waals surface area contributed by atoms with Crippen LogP contribution in [0.25, 0.3) is 0 Å². The summed E-state index contributed by atoms with van der Waals surface area (Å²) < 4.78 is 73.6. The van der Waals surface area contributed by atoms with Gasteiger partial charge in [0.15, 0.2) is 0 Å². The van der Waals surface area contributed by atoms with Gasteiger partial charge in [-0.2, -0.15) is 26.3 Å². The fourth-order valence-corrected chi connectivity index (χ4v) is 2.02. The highest BCUT2D eigenvalue weighted by Gasteiger charge is 2.61. The summed E-state index contributed by atoms with van der Waals surface area (Å²) in [5, 5.41) is 10.5. The van der Waals surface area contributed by atoms with E-state index in [-0.39, 0.29) is 0 Å². The second-order valence-corrected chi connectivity index (χ2v) is 4.39. The Hall–Kier alpha value is -1.78. The van der Waals surface area contributed by atoms with Gasteiger partial charge in [0, 0.05) is 0 Å². The van der Waals surface area contributed by atoms with E-state index in [0.717, 1.165) is 11.4 Å². The molecule has 0 unspecified atom stereocenters. The molecule has 0 aliphatic heterocycles. The number of halogens is 6. The molecule has 0 aliphatic carbocycles. The molecule has 0 spiro atoms. The van der Waals surface area contributed by atoms with Crippen molar-refractivity contribution in [3.8, 4) is 0 Å². The van der Waals surface area contributed by atoms with Gasteiger partial charge >= 0.3 is 18.3 Å². The van der Waals surface area contributed by atoms with Crippen LogP contribution in [0.5, 0.6) is 0 Å². The Kier molecular flexibility index (Phi) is 4.32. The molecule has 0 aliphatic rings. The van der Waals surface area contributed by atoms with Gasteiger partial charge in [0.2, 0.25) is 11.8 Å². The van der Waals surface area contributed by atoms with Crippen molar-refractivity contribution in [2.45, 2.75) is 12.4 Å². The lowest BCUT2D eigenvalue weighted by Crippen LogP contribution is -2.45. The van der Waals surface area contributed by atoms with Gasteiger partial charge in [0.25, 0.3) is 0 Å². The average molecular weight is 321 g/mol. The fourth-order valence-electron chi connectivity index (χ4n) is 1.24. The molecular formula is C9H5F6NO3S. The standard InChI is InChI=1S/C9H5F6NO3S/c10-8(11,12)4(9(13,14)15)5(17)16-6-3(7(18)19)1-2-20-6/h1-2,4H,(H,16,17)(H,18,19). The van der Waals surface area contributed by atoms with Gasteiger partial charge in [-0.15, -0.1) is 11.3 Å². The highest BCUT2D eigenvalue weighted by molar-refractivity contribution is 7.14. The normalized spacial score (nSPS) is 12.6. The summed E-state index contributed by atoms with van der Waals surface area (Å²) in [5.41, 5.74) is -0.591. The largest absolute Gasteiger partial charge is 0.478 e. The van der Waals surface area contributed by atoms with Crippen LogP contribution < -0.4 is 5.32 Å². The number of hydrogen-bond acceptors (Lipinski definition) is 3. The number of carbonyl (C=O) groups excluding carboxylic acids is 1. The number of nitrogens with one attached hydrogen (secondary N) is 1. The Morgan fingerprint density at radius 2 is 1.65 bits per heavy atom. The molecule has 4 nitrogen and oxygen atoms in total. The highest BCUT2D eigenvalue weighted by Crippen LogP contribution is 2.40. The molecule has 0 bridgehead atoms. The monoisotopic (exact) mass is 321 g/mol. The third kappa shape index (κ3) is 3.62. The van der Waals surface area contributed by atoms with Gasteiger partial charge in [-0.05, 0) is 11.4 Å². The molecule has 1 rings (SSSR count). The number of rotatable bonds is 3. The third-order valence-electron chi connectivity index (χ3n) is 2.05. The molecule has 2 N–H and O–H groups in total. The van der Waals surface area contributed by atoms with Crippen LogP contribution in [-0.4, -0.2) is 29.3 Å². The molecule has 0 saturated carbocycles. The van der Waals surface area contributed by atoms with Crippen molar-refractivity contribution >= 4 is 28.2 Å². The van der Waals surface area contributed by atoms with Crippen molar-refractivity contribution in [3.63, 3.8) is 0 Å². The van der Waals surface area contributed by atoms with Gasteiger partial charge in [-0.1, -0.05) is 0 Å². The highest BCUT2D eigenvalue weighted by atomic mass is 32.1.